The van der Waals surface area contributed by atoms with Crippen molar-refractivity contribution in [2.75, 3.05) is 7.05 Å². The van der Waals surface area contributed by atoms with Gasteiger partial charge in [0, 0.05) is 25.6 Å². The number of hydrogen-bond acceptors (Lipinski definition) is 2. The zero-order valence-electron chi connectivity index (χ0n) is 11.3. The van der Waals surface area contributed by atoms with E-state index >= 15 is 0 Å². The third-order valence-corrected chi connectivity index (χ3v) is 4.05. The number of carbonyl (C=O) groups is 1. The average molecular weight is 263 g/mol. The number of carbonyl (C=O) groups excluding carboxylic acids is 1. The van der Waals surface area contributed by atoms with Gasteiger partial charge in [-0.2, -0.15) is 0 Å². The van der Waals surface area contributed by atoms with Gasteiger partial charge in [0.15, 0.2) is 0 Å². The minimum Gasteiger partial charge on any atom is -0.343 e. The lowest BCUT2D eigenvalue weighted by Gasteiger charge is -2.31. The van der Waals surface area contributed by atoms with Crippen molar-refractivity contribution in [2.45, 2.75) is 64.5 Å². The van der Waals surface area contributed by atoms with E-state index in [9.17, 15) is 4.79 Å². The molecular weight excluding hydrogens is 236 g/mol. The lowest BCUT2D eigenvalue weighted by Crippen LogP contribution is -2.40. The van der Waals surface area contributed by atoms with Crippen LogP contribution in [0.15, 0.2) is 0 Å². The number of amides is 1. The Morgan fingerprint density at radius 2 is 2.00 bits per heavy atom. The molecule has 3 nitrogen and oxygen atoms in total. The van der Waals surface area contributed by atoms with Gasteiger partial charge in [0.05, 0.1) is 0 Å². The van der Waals surface area contributed by atoms with Crippen LogP contribution in [-0.2, 0) is 4.79 Å². The van der Waals surface area contributed by atoms with Gasteiger partial charge < -0.3 is 10.6 Å². The molecule has 0 aromatic heterocycles. The van der Waals surface area contributed by atoms with Crippen molar-refractivity contribution in [2.24, 2.45) is 11.7 Å². The predicted octanol–water partition coefficient (Wildman–Crippen LogP) is 2.57. The number of rotatable bonds is 4. The van der Waals surface area contributed by atoms with Crippen LogP contribution < -0.4 is 5.73 Å². The molecule has 1 fully saturated rings. The molecule has 17 heavy (non-hydrogen) atoms. The smallest absolute Gasteiger partial charge is 0.222 e. The molecule has 4 heteroatoms. The predicted molar refractivity (Wildman–Crippen MR) is 74.3 cm³/mol. The van der Waals surface area contributed by atoms with Crippen LogP contribution in [0.4, 0.5) is 0 Å². The van der Waals surface area contributed by atoms with E-state index in [1.165, 1.54) is 12.8 Å². The Labute approximate surface area is 112 Å². The van der Waals surface area contributed by atoms with Crippen LogP contribution in [-0.4, -0.2) is 29.9 Å². The van der Waals surface area contributed by atoms with E-state index in [4.69, 9.17) is 5.73 Å². The van der Waals surface area contributed by atoms with Gasteiger partial charge in [0.25, 0.3) is 0 Å². The number of nitrogens with zero attached hydrogens (tertiary/aromatic N) is 1. The Morgan fingerprint density at radius 1 is 1.41 bits per heavy atom. The lowest BCUT2D eigenvalue weighted by molar-refractivity contribution is -0.133. The first kappa shape index (κ1) is 16.7. The normalized spacial score (nSPS) is 25.9. The van der Waals surface area contributed by atoms with Gasteiger partial charge in [-0.05, 0) is 32.1 Å². The van der Waals surface area contributed by atoms with Crippen molar-refractivity contribution >= 4 is 18.3 Å². The second-order valence-corrected chi connectivity index (χ2v) is 5.17. The van der Waals surface area contributed by atoms with Crippen molar-refractivity contribution in [1.29, 1.82) is 0 Å². The molecule has 2 N–H and O–H groups in total. The van der Waals surface area contributed by atoms with Gasteiger partial charge in [-0.3, -0.25) is 4.79 Å². The summed E-state index contributed by atoms with van der Waals surface area (Å²) in [5.41, 5.74) is 6.07. The molecule has 3 atom stereocenters. The maximum atomic E-state index is 12.0. The molecule has 0 aromatic rings. The molecule has 1 rings (SSSR count). The van der Waals surface area contributed by atoms with E-state index in [0.717, 1.165) is 19.3 Å². The molecule has 1 aliphatic carbocycles. The molecule has 1 aliphatic rings. The molecule has 0 aromatic carbocycles. The Hall–Kier alpha value is -0.280. The van der Waals surface area contributed by atoms with Crippen LogP contribution in [0, 0.1) is 5.92 Å². The summed E-state index contributed by atoms with van der Waals surface area (Å²) in [7, 11) is 1.91. The molecule has 0 aliphatic heterocycles. The summed E-state index contributed by atoms with van der Waals surface area (Å²) in [5, 5.41) is 0. The van der Waals surface area contributed by atoms with Crippen LogP contribution >= 0.6 is 12.4 Å². The van der Waals surface area contributed by atoms with Crippen molar-refractivity contribution in [3.63, 3.8) is 0 Å². The van der Waals surface area contributed by atoms with E-state index < -0.39 is 0 Å². The molecule has 3 unspecified atom stereocenters. The summed E-state index contributed by atoms with van der Waals surface area (Å²) in [5.74, 6) is 0.671. The Balaban J connectivity index is 0.00000256. The van der Waals surface area contributed by atoms with Gasteiger partial charge in [-0.15, -0.1) is 12.4 Å². The topological polar surface area (TPSA) is 46.3 Å². The number of nitrogens with two attached hydrogens (primary N) is 1. The largest absolute Gasteiger partial charge is 0.343 e. The van der Waals surface area contributed by atoms with E-state index in [-0.39, 0.29) is 24.4 Å². The zero-order chi connectivity index (χ0) is 12.1. The molecule has 0 radical (unpaired) electrons. The number of hydrogen-bond donors (Lipinski definition) is 1. The second-order valence-electron chi connectivity index (χ2n) is 5.17. The maximum absolute atomic E-state index is 12.0. The molecule has 0 spiro atoms. The fraction of sp³-hybridized carbons (Fsp3) is 0.923. The first-order valence-corrected chi connectivity index (χ1v) is 6.57. The SMILES string of the molecule is CCC(C)N(C)C(=O)CC1CCCCC1N.Cl. The highest BCUT2D eigenvalue weighted by Gasteiger charge is 2.26. The molecule has 0 bridgehead atoms. The van der Waals surface area contributed by atoms with Gasteiger partial charge in [-0.25, -0.2) is 0 Å². The van der Waals surface area contributed by atoms with Crippen LogP contribution in [0.2, 0.25) is 0 Å². The Kier molecular flexibility index (Phi) is 7.80. The summed E-state index contributed by atoms with van der Waals surface area (Å²) in [6.45, 7) is 4.21. The van der Waals surface area contributed by atoms with Crippen molar-refractivity contribution in [3.8, 4) is 0 Å². The Bertz CT molecular complexity index is 235. The molecule has 0 saturated heterocycles. The maximum Gasteiger partial charge on any atom is 0.222 e. The lowest BCUT2D eigenvalue weighted by atomic mass is 9.82. The van der Waals surface area contributed by atoms with Crippen LogP contribution in [0.5, 0.6) is 0 Å². The number of halogens is 1. The zero-order valence-corrected chi connectivity index (χ0v) is 12.1. The highest BCUT2D eigenvalue weighted by Crippen LogP contribution is 2.26. The quantitative estimate of drug-likeness (QED) is 0.847. The minimum absolute atomic E-state index is 0. The van der Waals surface area contributed by atoms with Crippen LogP contribution in [0.1, 0.15) is 52.4 Å². The van der Waals surface area contributed by atoms with Crippen molar-refractivity contribution < 1.29 is 4.79 Å². The van der Waals surface area contributed by atoms with E-state index in [1.54, 1.807) is 0 Å². The second kappa shape index (κ2) is 7.93. The Morgan fingerprint density at radius 3 is 2.53 bits per heavy atom. The van der Waals surface area contributed by atoms with Gasteiger partial charge >= 0.3 is 0 Å². The third kappa shape index (κ3) is 4.84. The summed E-state index contributed by atoms with van der Waals surface area (Å²) in [6.07, 6.45) is 6.33. The first-order chi connectivity index (χ1) is 7.56. The molecular formula is C13H27ClN2O. The summed E-state index contributed by atoms with van der Waals surface area (Å²) in [4.78, 5) is 13.9. The monoisotopic (exact) mass is 262 g/mol. The van der Waals surface area contributed by atoms with E-state index in [2.05, 4.69) is 13.8 Å². The van der Waals surface area contributed by atoms with Crippen molar-refractivity contribution in [3.05, 3.63) is 0 Å². The first-order valence-electron chi connectivity index (χ1n) is 6.57. The molecule has 1 amide bonds. The molecule has 102 valence electrons. The third-order valence-electron chi connectivity index (χ3n) is 4.05. The highest BCUT2D eigenvalue weighted by atomic mass is 35.5. The summed E-state index contributed by atoms with van der Waals surface area (Å²) < 4.78 is 0. The van der Waals surface area contributed by atoms with Crippen LogP contribution in [0.25, 0.3) is 0 Å². The molecule has 1 saturated carbocycles. The fourth-order valence-electron chi connectivity index (χ4n) is 2.38. The van der Waals surface area contributed by atoms with Crippen LogP contribution in [0.3, 0.4) is 0 Å². The van der Waals surface area contributed by atoms with Gasteiger partial charge in [0.1, 0.15) is 0 Å². The van der Waals surface area contributed by atoms with E-state index in [1.807, 2.05) is 11.9 Å². The molecule has 0 heterocycles. The minimum atomic E-state index is 0. The van der Waals surface area contributed by atoms with Crippen molar-refractivity contribution in [1.82, 2.24) is 4.90 Å². The average Bonchev–Trinajstić information content (AvgIpc) is 2.30. The fourth-order valence-corrected chi connectivity index (χ4v) is 2.38. The highest BCUT2D eigenvalue weighted by molar-refractivity contribution is 5.85. The van der Waals surface area contributed by atoms with Gasteiger partial charge in [-0.1, -0.05) is 19.8 Å². The standard InChI is InChI=1S/C13H26N2O.ClH/c1-4-10(2)15(3)13(16)9-11-7-5-6-8-12(11)14;/h10-12H,4-9,14H2,1-3H3;1H. The summed E-state index contributed by atoms with van der Waals surface area (Å²) >= 11 is 0. The summed E-state index contributed by atoms with van der Waals surface area (Å²) in [6, 6.07) is 0.579. The van der Waals surface area contributed by atoms with E-state index in [0.29, 0.717) is 18.4 Å². The van der Waals surface area contributed by atoms with Gasteiger partial charge in [0.2, 0.25) is 5.91 Å².